The van der Waals surface area contributed by atoms with Gasteiger partial charge in [-0.25, -0.2) is 4.39 Å². The van der Waals surface area contributed by atoms with E-state index in [9.17, 15) is 31.9 Å². The molecule has 0 aliphatic heterocycles. The van der Waals surface area contributed by atoms with Gasteiger partial charge in [0, 0.05) is 18.4 Å². The first-order chi connectivity index (χ1) is 14.3. The van der Waals surface area contributed by atoms with E-state index in [0.29, 0.717) is 16.9 Å². The van der Waals surface area contributed by atoms with Gasteiger partial charge in [0.2, 0.25) is 0 Å². The molecule has 2 rings (SSSR count). The fourth-order valence-electron chi connectivity index (χ4n) is 3.18. The fraction of sp³-hybridized carbons (Fsp3) is 0.381. The Morgan fingerprint density at radius 2 is 1.77 bits per heavy atom. The molecule has 10 heteroatoms. The molecule has 6 nitrogen and oxygen atoms in total. The number of anilines is 1. The van der Waals surface area contributed by atoms with E-state index in [1.807, 2.05) is 0 Å². The van der Waals surface area contributed by atoms with Crippen LogP contribution in [0.15, 0.2) is 18.2 Å². The monoisotopic (exact) mass is 441 g/mol. The van der Waals surface area contributed by atoms with E-state index >= 15 is 0 Å². The second kappa shape index (κ2) is 8.91. The number of Topliss-reactive ketones (excluding diaryl/α,β-unsaturated/α-hetero) is 1. The number of nitrogens with zero attached hydrogens (tertiary/aromatic N) is 1. The van der Waals surface area contributed by atoms with Gasteiger partial charge in [-0.3, -0.25) is 14.4 Å². The maximum Gasteiger partial charge on any atom is 0.408 e. The zero-order chi connectivity index (χ0) is 23.7. The molecular formula is C21H23F4N3O3. The first-order valence-corrected chi connectivity index (χ1v) is 9.47. The smallest absolute Gasteiger partial charge is 0.344 e. The fourth-order valence-corrected chi connectivity index (χ4v) is 3.18. The van der Waals surface area contributed by atoms with Crippen LogP contribution in [-0.4, -0.2) is 34.4 Å². The van der Waals surface area contributed by atoms with Gasteiger partial charge in [-0.2, -0.15) is 13.2 Å². The SMILES string of the molecule is CCc1c(C(=O)Nc2ccc(F)c(C)c2)c(C)n(C)c1C(=O)C(=O)N[C@H](C)C(F)(F)F. The minimum atomic E-state index is -4.70. The summed E-state index contributed by atoms with van der Waals surface area (Å²) >= 11 is 0. The van der Waals surface area contributed by atoms with Crippen LogP contribution in [0.4, 0.5) is 23.2 Å². The van der Waals surface area contributed by atoms with Crippen LogP contribution in [0.1, 0.15) is 51.5 Å². The average Bonchev–Trinajstić information content (AvgIpc) is 2.93. The van der Waals surface area contributed by atoms with Crippen LogP contribution in [-0.2, 0) is 18.3 Å². The number of ketones is 1. The van der Waals surface area contributed by atoms with Gasteiger partial charge in [-0.05, 0) is 56.5 Å². The van der Waals surface area contributed by atoms with Crippen LogP contribution >= 0.6 is 0 Å². The first kappa shape index (κ1) is 24.1. The lowest BCUT2D eigenvalue weighted by molar-refractivity contribution is -0.156. The van der Waals surface area contributed by atoms with Crippen LogP contribution in [0.3, 0.4) is 0 Å². The number of aromatic nitrogens is 1. The maximum atomic E-state index is 13.5. The molecule has 0 aliphatic carbocycles. The molecule has 1 aromatic heterocycles. The molecule has 0 spiro atoms. The van der Waals surface area contributed by atoms with Gasteiger partial charge >= 0.3 is 6.18 Å². The average molecular weight is 441 g/mol. The normalized spacial score (nSPS) is 12.4. The van der Waals surface area contributed by atoms with Crippen molar-refractivity contribution >= 4 is 23.3 Å². The Kier molecular flexibility index (Phi) is 6.93. The van der Waals surface area contributed by atoms with Crippen LogP contribution in [0.25, 0.3) is 0 Å². The number of hydrogen-bond donors (Lipinski definition) is 2. The van der Waals surface area contributed by atoms with E-state index in [4.69, 9.17) is 0 Å². The van der Waals surface area contributed by atoms with E-state index in [2.05, 4.69) is 5.32 Å². The largest absolute Gasteiger partial charge is 0.408 e. The Bertz CT molecular complexity index is 1040. The molecule has 0 unspecified atom stereocenters. The third-order valence-electron chi connectivity index (χ3n) is 5.04. The van der Waals surface area contributed by atoms with Crippen molar-refractivity contribution in [2.24, 2.45) is 7.05 Å². The molecule has 0 bridgehead atoms. The summed E-state index contributed by atoms with van der Waals surface area (Å²) in [5, 5.41) is 4.27. The summed E-state index contributed by atoms with van der Waals surface area (Å²) in [5.74, 6) is -3.61. The highest BCUT2D eigenvalue weighted by Crippen LogP contribution is 2.26. The topological polar surface area (TPSA) is 80.2 Å². The quantitative estimate of drug-likeness (QED) is 0.406. The number of carbonyl (C=O) groups excluding carboxylic acids is 3. The molecular weight excluding hydrogens is 418 g/mol. The molecule has 0 saturated heterocycles. The lowest BCUT2D eigenvalue weighted by Gasteiger charge is -2.17. The molecule has 168 valence electrons. The van der Waals surface area contributed by atoms with Crippen molar-refractivity contribution in [2.45, 2.75) is 46.3 Å². The minimum absolute atomic E-state index is 0.131. The van der Waals surface area contributed by atoms with E-state index in [-0.39, 0.29) is 23.2 Å². The Balaban J connectivity index is 2.40. The first-order valence-electron chi connectivity index (χ1n) is 9.47. The summed E-state index contributed by atoms with van der Waals surface area (Å²) in [6.07, 6.45) is -4.53. The number of hydrogen-bond acceptors (Lipinski definition) is 3. The third-order valence-corrected chi connectivity index (χ3v) is 5.04. The van der Waals surface area contributed by atoms with Crippen LogP contribution in [0, 0.1) is 19.7 Å². The molecule has 2 amide bonds. The molecule has 2 aromatic rings. The molecule has 1 aromatic carbocycles. The molecule has 2 N–H and O–H groups in total. The van der Waals surface area contributed by atoms with Gasteiger partial charge in [0.1, 0.15) is 11.9 Å². The van der Waals surface area contributed by atoms with Crippen molar-refractivity contribution in [2.75, 3.05) is 5.32 Å². The van der Waals surface area contributed by atoms with Gasteiger partial charge in [-0.15, -0.1) is 0 Å². The van der Waals surface area contributed by atoms with Gasteiger partial charge < -0.3 is 15.2 Å². The summed E-state index contributed by atoms with van der Waals surface area (Å²) in [7, 11) is 1.45. The highest BCUT2D eigenvalue weighted by atomic mass is 19.4. The molecule has 0 radical (unpaired) electrons. The van der Waals surface area contributed by atoms with Crippen LogP contribution in [0.2, 0.25) is 0 Å². The Morgan fingerprint density at radius 3 is 2.29 bits per heavy atom. The molecule has 1 heterocycles. The Morgan fingerprint density at radius 1 is 1.16 bits per heavy atom. The number of halogens is 4. The van der Waals surface area contributed by atoms with Gasteiger partial charge in [-0.1, -0.05) is 6.92 Å². The van der Waals surface area contributed by atoms with E-state index in [1.54, 1.807) is 19.2 Å². The summed E-state index contributed by atoms with van der Waals surface area (Å²) in [6, 6.07) is 1.81. The lowest BCUT2D eigenvalue weighted by Crippen LogP contribution is -2.46. The summed E-state index contributed by atoms with van der Waals surface area (Å²) in [5.41, 5.74) is 1.21. The summed E-state index contributed by atoms with van der Waals surface area (Å²) in [4.78, 5) is 37.7. The van der Waals surface area contributed by atoms with Crippen LogP contribution < -0.4 is 10.6 Å². The number of benzene rings is 1. The zero-order valence-electron chi connectivity index (χ0n) is 17.7. The third kappa shape index (κ3) is 4.95. The second-order valence-electron chi connectivity index (χ2n) is 7.18. The van der Waals surface area contributed by atoms with Crippen molar-refractivity contribution in [1.82, 2.24) is 9.88 Å². The maximum absolute atomic E-state index is 13.5. The Labute approximate surface area is 176 Å². The van der Waals surface area contributed by atoms with E-state index < -0.39 is 35.6 Å². The number of amides is 2. The van der Waals surface area contributed by atoms with Crippen LogP contribution in [0.5, 0.6) is 0 Å². The highest BCUT2D eigenvalue weighted by molar-refractivity contribution is 6.43. The number of nitrogens with one attached hydrogen (secondary N) is 2. The predicted octanol–water partition coefficient (Wildman–Crippen LogP) is 3.85. The van der Waals surface area contributed by atoms with Crippen molar-refractivity contribution in [3.05, 3.63) is 52.1 Å². The number of carbonyl (C=O) groups is 3. The van der Waals surface area contributed by atoms with Crippen molar-refractivity contribution in [3.8, 4) is 0 Å². The Hall–Kier alpha value is -3.17. The minimum Gasteiger partial charge on any atom is -0.344 e. The van der Waals surface area contributed by atoms with Crippen molar-refractivity contribution in [1.29, 1.82) is 0 Å². The molecule has 0 aliphatic rings. The standard InChI is InChI=1S/C21H23F4N3O3/c1-6-14-16(19(30)27-13-7-8-15(22)10(2)9-13)11(3)28(5)17(14)18(29)20(31)26-12(4)21(23,24)25/h7-9,12H,6H2,1-5H3,(H,26,31)(H,27,30)/t12-/m1/s1. The molecule has 31 heavy (non-hydrogen) atoms. The van der Waals surface area contributed by atoms with Crippen molar-refractivity contribution < 1.29 is 31.9 Å². The van der Waals surface area contributed by atoms with Crippen molar-refractivity contribution in [3.63, 3.8) is 0 Å². The van der Waals surface area contributed by atoms with E-state index in [1.165, 1.54) is 36.7 Å². The highest BCUT2D eigenvalue weighted by Gasteiger charge is 2.39. The zero-order valence-corrected chi connectivity index (χ0v) is 17.7. The van der Waals surface area contributed by atoms with Gasteiger partial charge in [0.25, 0.3) is 17.6 Å². The molecule has 0 saturated carbocycles. The van der Waals surface area contributed by atoms with Gasteiger partial charge in [0.15, 0.2) is 0 Å². The lowest BCUT2D eigenvalue weighted by atomic mass is 10.0. The van der Waals surface area contributed by atoms with Gasteiger partial charge in [0.05, 0.1) is 11.3 Å². The molecule has 1 atom stereocenters. The number of alkyl halides is 3. The summed E-state index contributed by atoms with van der Waals surface area (Å²) < 4.78 is 53.0. The second-order valence-corrected chi connectivity index (χ2v) is 7.18. The predicted molar refractivity (Wildman–Crippen MR) is 107 cm³/mol. The number of rotatable bonds is 6. The number of aryl methyl sites for hydroxylation is 1. The van der Waals surface area contributed by atoms with E-state index in [0.717, 1.165) is 6.92 Å². The summed E-state index contributed by atoms with van der Waals surface area (Å²) in [6.45, 7) is 5.47. The molecule has 0 fully saturated rings.